The predicted molar refractivity (Wildman–Crippen MR) is 62.9 cm³/mol. The van der Waals surface area contributed by atoms with Gasteiger partial charge in [-0.25, -0.2) is 0 Å². The molecule has 0 fully saturated rings. The molecule has 0 saturated carbocycles. The lowest BCUT2D eigenvalue weighted by Gasteiger charge is -2.12. The van der Waals surface area contributed by atoms with E-state index in [1.807, 2.05) is 37.4 Å². The molecule has 0 spiro atoms. The maximum atomic E-state index is 5.37. The Balaban J connectivity index is 1.94. The van der Waals surface area contributed by atoms with Crippen LogP contribution in [0.4, 0.5) is 0 Å². The summed E-state index contributed by atoms with van der Waals surface area (Å²) in [5.41, 5.74) is 2.23. The second-order valence-electron chi connectivity index (χ2n) is 3.88. The van der Waals surface area contributed by atoms with Crippen molar-refractivity contribution in [3.63, 3.8) is 0 Å². The van der Waals surface area contributed by atoms with E-state index in [9.17, 15) is 0 Å². The SMILES string of the molecule is Cc1ccoc1CN[C@H](C)c1ccccn1. The molecule has 3 heteroatoms. The molecule has 0 unspecified atom stereocenters. The molecule has 1 N–H and O–H groups in total. The summed E-state index contributed by atoms with van der Waals surface area (Å²) in [5.74, 6) is 0.989. The van der Waals surface area contributed by atoms with Gasteiger partial charge in [0.2, 0.25) is 0 Å². The topological polar surface area (TPSA) is 38.1 Å². The minimum atomic E-state index is 0.228. The normalized spacial score (nSPS) is 12.6. The third-order valence-electron chi connectivity index (χ3n) is 2.67. The molecule has 3 nitrogen and oxygen atoms in total. The zero-order valence-electron chi connectivity index (χ0n) is 9.60. The van der Waals surface area contributed by atoms with Crippen molar-refractivity contribution in [2.75, 3.05) is 0 Å². The fourth-order valence-corrected chi connectivity index (χ4v) is 1.57. The molecule has 2 heterocycles. The zero-order chi connectivity index (χ0) is 11.4. The largest absolute Gasteiger partial charge is 0.468 e. The summed E-state index contributed by atoms with van der Waals surface area (Å²) in [7, 11) is 0. The van der Waals surface area contributed by atoms with E-state index >= 15 is 0 Å². The summed E-state index contributed by atoms with van der Waals surface area (Å²) in [6, 6.07) is 8.14. The van der Waals surface area contributed by atoms with E-state index in [-0.39, 0.29) is 6.04 Å². The second kappa shape index (κ2) is 4.94. The van der Waals surface area contributed by atoms with Gasteiger partial charge in [0.25, 0.3) is 0 Å². The Morgan fingerprint density at radius 3 is 2.88 bits per heavy atom. The van der Waals surface area contributed by atoms with Crippen LogP contribution in [0.15, 0.2) is 41.1 Å². The van der Waals surface area contributed by atoms with Crippen molar-refractivity contribution in [2.45, 2.75) is 26.4 Å². The average molecular weight is 216 g/mol. The standard InChI is InChI=1S/C13H16N2O/c1-10-6-8-16-13(10)9-15-11(2)12-5-3-4-7-14-12/h3-8,11,15H,9H2,1-2H3/t11-/m1/s1. The van der Waals surface area contributed by atoms with Gasteiger partial charge < -0.3 is 9.73 Å². The highest BCUT2D eigenvalue weighted by Crippen LogP contribution is 2.12. The number of furan rings is 1. The number of rotatable bonds is 4. The molecule has 0 aliphatic heterocycles. The molecule has 0 radical (unpaired) electrons. The smallest absolute Gasteiger partial charge is 0.120 e. The van der Waals surface area contributed by atoms with E-state index in [4.69, 9.17) is 4.42 Å². The summed E-state index contributed by atoms with van der Waals surface area (Å²) < 4.78 is 5.37. The van der Waals surface area contributed by atoms with Crippen LogP contribution in [0.25, 0.3) is 0 Å². The average Bonchev–Trinajstić information content (AvgIpc) is 2.73. The van der Waals surface area contributed by atoms with E-state index in [1.165, 1.54) is 5.56 Å². The van der Waals surface area contributed by atoms with Crippen LogP contribution in [-0.2, 0) is 6.54 Å². The molecule has 0 bridgehead atoms. The summed E-state index contributed by atoms with van der Waals surface area (Å²) in [4.78, 5) is 4.31. The van der Waals surface area contributed by atoms with Gasteiger partial charge >= 0.3 is 0 Å². The lowest BCUT2D eigenvalue weighted by Crippen LogP contribution is -2.19. The summed E-state index contributed by atoms with van der Waals surface area (Å²) in [6.45, 7) is 4.88. The van der Waals surface area contributed by atoms with Gasteiger partial charge in [-0.1, -0.05) is 6.07 Å². The molecule has 2 aromatic heterocycles. The van der Waals surface area contributed by atoms with Crippen LogP contribution >= 0.6 is 0 Å². The molecule has 2 rings (SSSR count). The Labute approximate surface area is 95.5 Å². The predicted octanol–water partition coefficient (Wildman–Crippen LogP) is 2.83. The van der Waals surface area contributed by atoms with Gasteiger partial charge in [0.05, 0.1) is 18.5 Å². The third-order valence-corrected chi connectivity index (χ3v) is 2.67. The van der Waals surface area contributed by atoms with Gasteiger partial charge in [0.1, 0.15) is 5.76 Å². The first kappa shape index (κ1) is 10.9. The quantitative estimate of drug-likeness (QED) is 0.854. The number of hydrogen-bond donors (Lipinski definition) is 1. The van der Waals surface area contributed by atoms with Crippen molar-refractivity contribution in [1.82, 2.24) is 10.3 Å². The molecule has 0 amide bonds. The molecule has 0 aliphatic carbocycles. The molecule has 0 aliphatic rings. The van der Waals surface area contributed by atoms with E-state index in [0.29, 0.717) is 0 Å². The van der Waals surface area contributed by atoms with Crippen molar-refractivity contribution >= 4 is 0 Å². The van der Waals surface area contributed by atoms with Crippen LogP contribution in [0.1, 0.15) is 30.0 Å². The van der Waals surface area contributed by atoms with E-state index in [2.05, 4.69) is 17.2 Å². The number of hydrogen-bond acceptors (Lipinski definition) is 3. The Morgan fingerprint density at radius 1 is 1.38 bits per heavy atom. The van der Waals surface area contributed by atoms with E-state index in [0.717, 1.165) is 18.0 Å². The number of nitrogens with one attached hydrogen (secondary N) is 1. The molecule has 0 saturated heterocycles. The minimum absolute atomic E-state index is 0.228. The van der Waals surface area contributed by atoms with Gasteiger partial charge in [-0.15, -0.1) is 0 Å². The molecular formula is C13H16N2O. The van der Waals surface area contributed by atoms with Crippen molar-refractivity contribution < 1.29 is 4.42 Å². The van der Waals surface area contributed by atoms with E-state index < -0.39 is 0 Å². The Morgan fingerprint density at radius 2 is 2.25 bits per heavy atom. The first-order chi connectivity index (χ1) is 7.77. The summed E-state index contributed by atoms with van der Waals surface area (Å²) in [6.07, 6.45) is 3.53. The Bertz CT molecular complexity index is 436. The maximum absolute atomic E-state index is 5.37. The number of aromatic nitrogens is 1. The highest BCUT2D eigenvalue weighted by molar-refractivity contribution is 5.15. The summed E-state index contributed by atoms with van der Waals surface area (Å²) >= 11 is 0. The van der Waals surface area contributed by atoms with Crippen molar-refractivity contribution in [3.8, 4) is 0 Å². The van der Waals surface area contributed by atoms with Crippen LogP contribution in [-0.4, -0.2) is 4.98 Å². The highest BCUT2D eigenvalue weighted by Gasteiger charge is 2.07. The van der Waals surface area contributed by atoms with Crippen molar-refractivity contribution in [1.29, 1.82) is 0 Å². The van der Waals surface area contributed by atoms with Crippen molar-refractivity contribution in [3.05, 3.63) is 53.7 Å². The monoisotopic (exact) mass is 216 g/mol. The van der Waals surface area contributed by atoms with Gasteiger partial charge in [-0.3, -0.25) is 4.98 Å². The first-order valence-corrected chi connectivity index (χ1v) is 5.44. The third kappa shape index (κ3) is 2.49. The van der Waals surface area contributed by atoms with Gasteiger partial charge in [-0.2, -0.15) is 0 Å². The fourth-order valence-electron chi connectivity index (χ4n) is 1.57. The molecule has 1 atom stereocenters. The van der Waals surface area contributed by atoms with Crippen LogP contribution in [0.5, 0.6) is 0 Å². The number of nitrogens with zero attached hydrogens (tertiary/aromatic N) is 1. The molecular weight excluding hydrogens is 200 g/mol. The molecule has 0 aromatic carbocycles. The van der Waals surface area contributed by atoms with Gasteiger partial charge in [0.15, 0.2) is 0 Å². The zero-order valence-corrected chi connectivity index (χ0v) is 9.60. The minimum Gasteiger partial charge on any atom is -0.468 e. The number of pyridine rings is 1. The highest BCUT2D eigenvalue weighted by atomic mass is 16.3. The van der Waals surface area contributed by atoms with Crippen LogP contribution in [0.3, 0.4) is 0 Å². The molecule has 16 heavy (non-hydrogen) atoms. The fraction of sp³-hybridized carbons (Fsp3) is 0.308. The van der Waals surface area contributed by atoms with Gasteiger partial charge in [0, 0.05) is 12.2 Å². The van der Waals surface area contributed by atoms with Gasteiger partial charge in [-0.05, 0) is 37.6 Å². The Hall–Kier alpha value is -1.61. The second-order valence-corrected chi connectivity index (χ2v) is 3.88. The maximum Gasteiger partial charge on any atom is 0.120 e. The lowest BCUT2D eigenvalue weighted by atomic mass is 10.2. The lowest BCUT2D eigenvalue weighted by molar-refractivity contribution is 0.455. The number of aryl methyl sites for hydroxylation is 1. The molecule has 84 valence electrons. The van der Waals surface area contributed by atoms with Crippen LogP contribution in [0, 0.1) is 6.92 Å². The Kier molecular flexibility index (Phi) is 3.37. The van der Waals surface area contributed by atoms with Crippen molar-refractivity contribution in [2.24, 2.45) is 0 Å². The first-order valence-electron chi connectivity index (χ1n) is 5.44. The van der Waals surface area contributed by atoms with Crippen LogP contribution in [0.2, 0.25) is 0 Å². The summed E-state index contributed by atoms with van der Waals surface area (Å²) in [5, 5.41) is 3.39. The molecule has 2 aromatic rings. The van der Waals surface area contributed by atoms with Crippen LogP contribution < -0.4 is 5.32 Å². The van der Waals surface area contributed by atoms with E-state index in [1.54, 1.807) is 6.26 Å².